The standard InChI is InChI=1S/C17H16N4O2S/c1-2-11-4-3-5-13-14(8-19-17(11)13)15-10-21-9-12(24(18,22)23)6-7-16(21)20-15/h3-10,19H,2H2,1H3,(H2,18,22,23). The van der Waals surface area contributed by atoms with Crippen LogP contribution in [0.3, 0.4) is 0 Å². The molecule has 3 N–H and O–H groups in total. The Balaban J connectivity index is 1.91. The number of nitrogens with two attached hydrogens (primary N) is 1. The smallest absolute Gasteiger partial charge is 0.239 e. The maximum absolute atomic E-state index is 11.5. The molecule has 0 saturated heterocycles. The molecule has 24 heavy (non-hydrogen) atoms. The lowest BCUT2D eigenvalue weighted by atomic mass is 10.1. The molecule has 3 aromatic heterocycles. The van der Waals surface area contributed by atoms with Gasteiger partial charge in [-0.2, -0.15) is 0 Å². The second kappa shape index (κ2) is 5.19. The Hall–Kier alpha value is -2.64. The van der Waals surface area contributed by atoms with Crippen molar-refractivity contribution in [2.75, 3.05) is 0 Å². The van der Waals surface area contributed by atoms with Gasteiger partial charge in [0.1, 0.15) is 5.65 Å². The van der Waals surface area contributed by atoms with Gasteiger partial charge in [-0.25, -0.2) is 18.5 Å². The Kier molecular flexibility index (Phi) is 3.22. The van der Waals surface area contributed by atoms with Gasteiger partial charge in [-0.05, 0) is 24.1 Å². The number of sulfonamides is 1. The van der Waals surface area contributed by atoms with Crippen LogP contribution >= 0.6 is 0 Å². The van der Waals surface area contributed by atoms with E-state index in [-0.39, 0.29) is 4.90 Å². The molecule has 4 aromatic rings. The Morgan fingerprint density at radius 3 is 2.79 bits per heavy atom. The summed E-state index contributed by atoms with van der Waals surface area (Å²) >= 11 is 0. The van der Waals surface area contributed by atoms with Crippen molar-refractivity contribution in [2.24, 2.45) is 5.14 Å². The van der Waals surface area contributed by atoms with Crippen LogP contribution in [0, 0.1) is 0 Å². The molecule has 6 nitrogen and oxygen atoms in total. The van der Waals surface area contributed by atoms with Gasteiger partial charge in [0.05, 0.1) is 10.6 Å². The number of pyridine rings is 1. The van der Waals surface area contributed by atoms with E-state index >= 15 is 0 Å². The molecule has 1 aromatic carbocycles. The molecule has 0 fully saturated rings. The van der Waals surface area contributed by atoms with E-state index in [0.717, 1.165) is 28.6 Å². The van der Waals surface area contributed by atoms with E-state index < -0.39 is 10.0 Å². The molecule has 122 valence electrons. The number of rotatable bonds is 3. The summed E-state index contributed by atoms with van der Waals surface area (Å²) < 4.78 is 24.7. The number of nitrogens with one attached hydrogen (secondary N) is 1. The third-order valence-electron chi connectivity index (χ3n) is 4.21. The fraction of sp³-hybridized carbons (Fsp3) is 0.118. The van der Waals surface area contributed by atoms with Crippen molar-refractivity contribution >= 4 is 26.6 Å². The van der Waals surface area contributed by atoms with Crippen molar-refractivity contribution in [1.82, 2.24) is 14.4 Å². The zero-order chi connectivity index (χ0) is 16.9. The zero-order valence-corrected chi connectivity index (χ0v) is 13.8. The van der Waals surface area contributed by atoms with E-state index in [1.165, 1.54) is 17.8 Å². The van der Waals surface area contributed by atoms with Gasteiger partial charge in [0.2, 0.25) is 10.0 Å². The summed E-state index contributed by atoms with van der Waals surface area (Å²) in [6, 6.07) is 9.31. The number of aromatic nitrogens is 3. The van der Waals surface area contributed by atoms with E-state index in [0.29, 0.717) is 5.65 Å². The molecule has 0 aliphatic heterocycles. The fourth-order valence-electron chi connectivity index (χ4n) is 2.99. The number of primary sulfonamides is 1. The highest BCUT2D eigenvalue weighted by Gasteiger charge is 2.13. The first-order valence-electron chi connectivity index (χ1n) is 7.58. The van der Waals surface area contributed by atoms with Crippen LogP contribution in [-0.4, -0.2) is 22.8 Å². The molecular weight excluding hydrogens is 324 g/mol. The van der Waals surface area contributed by atoms with Crippen molar-refractivity contribution in [3.63, 3.8) is 0 Å². The van der Waals surface area contributed by atoms with E-state index in [4.69, 9.17) is 5.14 Å². The number of fused-ring (bicyclic) bond motifs is 2. The van der Waals surface area contributed by atoms with Gasteiger partial charge in [0.25, 0.3) is 0 Å². The number of aryl methyl sites for hydroxylation is 1. The first-order chi connectivity index (χ1) is 11.5. The summed E-state index contributed by atoms with van der Waals surface area (Å²) in [7, 11) is -3.74. The van der Waals surface area contributed by atoms with Crippen molar-refractivity contribution in [1.29, 1.82) is 0 Å². The van der Waals surface area contributed by atoms with Crippen molar-refractivity contribution in [2.45, 2.75) is 18.2 Å². The Labute approximate surface area is 139 Å². The molecule has 3 heterocycles. The van der Waals surface area contributed by atoms with E-state index in [2.05, 4.69) is 29.0 Å². The molecule has 4 rings (SSSR count). The molecule has 0 bridgehead atoms. The summed E-state index contributed by atoms with van der Waals surface area (Å²) in [6.07, 6.45) is 6.17. The first-order valence-corrected chi connectivity index (χ1v) is 9.13. The van der Waals surface area contributed by atoms with Crippen molar-refractivity contribution in [3.8, 4) is 11.3 Å². The summed E-state index contributed by atoms with van der Waals surface area (Å²) in [6.45, 7) is 2.12. The second-order valence-corrected chi connectivity index (χ2v) is 7.26. The van der Waals surface area contributed by atoms with Gasteiger partial charge in [-0.3, -0.25) is 0 Å². The molecular formula is C17H16N4O2S. The molecule has 7 heteroatoms. The Morgan fingerprint density at radius 1 is 1.21 bits per heavy atom. The third-order valence-corrected chi connectivity index (χ3v) is 5.11. The lowest BCUT2D eigenvalue weighted by molar-refractivity contribution is 0.597. The molecule has 0 spiro atoms. The Bertz CT molecular complexity index is 1170. The first kappa shape index (κ1) is 14.9. The predicted molar refractivity (Wildman–Crippen MR) is 93.2 cm³/mol. The number of H-pyrrole nitrogens is 1. The summed E-state index contributed by atoms with van der Waals surface area (Å²) in [5, 5.41) is 6.29. The molecule has 0 radical (unpaired) electrons. The van der Waals surface area contributed by atoms with Crippen LogP contribution in [-0.2, 0) is 16.4 Å². The highest BCUT2D eigenvalue weighted by molar-refractivity contribution is 7.89. The van der Waals surface area contributed by atoms with E-state index in [1.54, 1.807) is 10.5 Å². The van der Waals surface area contributed by atoms with Crippen LogP contribution < -0.4 is 5.14 Å². The zero-order valence-electron chi connectivity index (χ0n) is 13.0. The maximum atomic E-state index is 11.5. The molecule has 0 aliphatic rings. The minimum absolute atomic E-state index is 0.0612. The highest BCUT2D eigenvalue weighted by Crippen LogP contribution is 2.30. The summed E-state index contributed by atoms with van der Waals surface area (Å²) in [5.41, 5.74) is 4.79. The van der Waals surface area contributed by atoms with Gasteiger partial charge in [0.15, 0.2) is 0 Å². The van der Waals surface area contributed by atoms with Gasteiger partial charge >= 0.3 is 0 Å². The van der Waals surface area contributed by atoms with Crippen molar-refractivity contribution in [3.05, 3.63) is 54.5 Å². The number of hydrogen-bond donors (Lipinski definition) is 2. The average molecular weight is 340 g/mol. The molecule has 0 aliphatic carbocycles. The molecule has 0 saturated carbocycles. The number of nitrogens with zero attached hydrogens (tertiary/aromatic N) is 2. The number of para-hydroxylation sites is 1. The largest absolute Gasteiger partial charge is 0.360 e. The number of hydrogen-bond acceptors (Lipinski definition) is 3. The molecule has 0 atom stereocenters. The second-order valence-electron chi connectivity index (χ2n) is 5.70. The Morgan fingerprint density at radius 2 is 2.04 bits per heavy atom. The fourth-order valence-corrected chi connectivity index (χ4v) is 3.51. The van der Waals surface area contributed by atoms with E-state index in [1.807, 2.05) is 18.5 Å². The van der Waals surface area contributed by atoms with Crippen LogP contribution in [0.5, 0.6) is 0 Å². The summed E-state index contributed by atoms with van der Waals surface area (Å²) in [5.74, 6) is 0. The monoisotopic (exact) mass is 340 g/mol. The molecule has 0 amide bonds. The summed E-state index contributed by atoms with van der Waals surface area (Å²) in [4.78, 5) is 7.97. The highest BCUT2D eigenvalue weighted by atomic mass is 32.2. The van der Waals surface area contributed by atoms with Crippen LogP contribution in [0.2, 0.25) is 0 Å². The van der Waals surface area contributed by atoms with E-state index in [9.17, 15) is 8.42 Å². The number of imidazole rings is 1. The number of benzene rings is 1. The lowest BCUT2D eigenvalue weighted by Crippen LogP contribution is -2.12. The lowest BCUT2D eigenvalue weighted by Gasteiger charge is -1.99. The van der Waals surface area contributed by atoms with Gasteiger partial charge in [0, 0.05) is 35.1 Å². The topological polar surface area (TPSA) is 93.2 Å². The van der Waals surface area contributed by atoms with Crippen LogP contribution in [0.1, 0.15) is 12.5 Å². The van der Waals surface area contributed by atoms with Crippen LogP contribution in [0.15, 0.2) is 53.8 Å². The maximum Gasteiger partial charge on any atom is 0.239 e. The van der Waals surface area contributed by atoms with Crippen LogP contribution in [0.4, 0.5) is 0 Å². The normalized spacial score (nSPS) is 12.2. The third kappa shape index (κ3) is 2.29. The SMILES string of the molecule is CCc1cccc2c(-c3cn4cc(S(N)(=O)=O)ccc4n3)c[nH]c12. The van der Waals surface area contributed by atoms with Gasteiger partial charge in [-0.15, -0.1) is 0 Å². The predicted octanol–water partition coefficient (Wildman–Crippen LogP) is 2.69. The van der Waals surface area contributed by atoms with Crippen molar-refractivity contribution < 1.29 is 8.42 Å². The van der Waals surface area contributed by atoms with Gasteiger partial charge in [-0.1, -0.05) is 25.1 Å². The minimum Gasteiger partial charge on any atom is -0.360 e. The quantitative estimate of drug-likeness (QED) is 0.600. The minimum atomic E-state index is -3.74. The van der Waals surface area contributed by atoms with Crippen LogP contribution in [0.25, 0.3) is 27.8 Å². The van der Waals surface area contributed by atoms with Gasteiger partial charge < -0.3 is 9.38 Å². The average Bonchev–Trinajstić information content (AvgIpc) is 3.16. The molecule has 0 unspecified atom stereocenters. The number of aromatic amines is 1.